The molecule has 108 valence electrons. The van der Waals surface area contributed by atoms with Crippen LogP contribution in [0.1, 0.15) is 6.92 Å². The van der Waals surface area contributed by atoms with Crippen molar-refractivity contribution in [3.05, 3.63) is 36.5 Å². The molecule has 1 heterocycles. The van der Waals surface area contributed by atoms with Gasteiger partial charge in [0.05, 0.1) is 12.1 Å². The minimum absolute atomic E-state index is 0.215. The maximum absolute atomic E-state index is 11.1. The van der Waals surface area contributed by atoms with Crippen molar-refractivity contribution in [1.82, 2.24) is 15.6 Å². The standard InChI is InChI=1S/C16H17N3O2/c1-2-17-16(20)19-9-3-4-11-21-14-8-7-13-6-5-10-18-15(13)12-14/h5-8,10,12H,2,9,11H2,1H3,(H2,17,19,20). The Morgan fingerprint density at radius 3 is 3.05 bits per heavy atom. The van der Waals surface area contributed by atoms with Crippen molar-refractivity contribution in [2.24, 2.45) is 0 Å². The Labute approximate surface area is 123 Å². The first kappa shape index (κ1) is 14.7. The van der Waals surface area contributed by atoms with Crippen LogP contribution < -0.4 is 15.4 Å². The van der Waals surface area contributed by atoms with Gasteiger partial charge in [-0.2, -0.15) is 0 Å². The van der Waals surface area contributed by atoms with Gasteiger partial charge in [0.25, 0.3) is 0 Å². The van der Waals surface area contributed by atoms with E-state index in [0.717, 1.165) is 16.7 Å². The number of pyridine rings is 1. The van der Waals surface area contributed by atoms with E-state index in [1.54, 1.807) is 6.20 Å². The number of hydrogen-bond acceptors (Lipinski definition) is 3. The minimum Gasteiger partial charge on any atom is -0.481 e. The largest absolute Gasteiger partial charge is 0.481 e. The first-order chi connectivity index (χ1) is 10.3. The van der Waals surface area contributed by atoms with Gasteiger partial charge in [-0.3, -0.25) is 4.98 Å². The van der Waals surface area contributed by atoms with Crippen molar-refractivity contribution >= 4 is 16.9 Å². The predicted molar refractivity (Wildman–Crippen MR) is 82.1 cm³/mol. The van der Waals surface area contributed by atoms with Crippen LogP contribution in [-0.2, 0) is 0 Å². The normalized spacial score (nSPS) is 9.57. The van der Waals surface area contributed by atoms with Crippen LogP contribution in [-0.4, -0.2) is 30.7 Å². The summed E-state index contributed by atoms with van der Waals surface area (Å²) in [4.78, 5) is 15.4. The molecule has 21 heavy (non-hydrogen) atoms. The molecule has 1 aromatic carbocycles. The van der Waals surface area contributed by atoms with Crippen molar-refractivity contribution in [3.63, 3.8) is 0 Å². The number of carbonyl (C=O) groups excluding carboxylic acids is 1. The second-order valence-electron chi connectivity index (χ2n) is 4.21. The number of amides is 2. The van der Waals surface area contributed by atoms with Crippen molar-refractivity contribution in [1.29, 1.82) is 0 Å². The molecule has 0 saturated carbocycles. The third kappa shape index (κ3) is 4.69. The first-order valence-corrected chi connectivity index (χ1v) is 6.74. The van der Waals surface area contributed by atoms with Crippen LogP contribution in [0.4, 0.5) is 4.79 Å². The smallest absolute Gasteiger partial charge is 0.315 e. The third-order valence-corrected chi connectivity index (χ3v) is 2.69. The number of ether oxygens (including phenoxy) is 1. The molecular formula is C16H17N3O2. The van der Waals surface area contributed by atoms with Crippen LogP contribution in [0.2, 0.25) is 0 Å². The van der Waals surface area contributed by atoms with Crippen LogP contribution in [0.5, 0.6) is 5.75 Å². The van der Waals surface area contributed by atoms with Crippen LogP contribution in [0.25, 0.3) is 10.9 Å². The third-order valence-electron chi connectivity index (χ3n) is 2.69. The lowest BCUT2D eigenvalue weighted by atomic mass is 10.2. The van der Waals surface area contributed by atoms with E-state index in [2.05, 4.69) is 27.5 Å². The zero-order chi connectivity index (χ0) is 14.9. The maximum Gasteiger partial charge on any atom is 0.315 e. The predicted octanol–water partition coefficient (Wildman–Crippen LogP) is 1.94. The Balaban J connectivity index is 1.79. The zero-order valence-corrected chi connectivity index (χ0v) is 11.8. The molecule has 5 nitrogen and oxygen atoms in total. The van der Waals surface area contributed by atoms with Gasteiger partial charge in [-0.25, -0.2) is 4.79 Å². The molecule has 0 aliphatic carbocycles. The van der Waals surface area contributed by atoms with Crippen molar-refractivity contribution in [2.45, 2.75) is 6.92 Å². The maximum atomic E-state index is 11.1. The number of fused-ring (bicyclic) bond motifs is 1. The molecule has 2 rings (SSSR count). The highest BCUT2D eigenvalue weighted by Gasteiger charge is 1.97. The summed E-state index contributed by atoms with van der Waals surface area (Å²) in [6.07, 6.45) is 1.75. The van der Waals surface area contributed by atoms with E-state index < -0.39 is 0 Å². The van der Waals surface area contributed by atoms with Crippen LogP contribution in [0.3, 0.4) is 0 Å². The fraction of sp³-hybridized carbons (Fsp3) is 0.250. The highest BCUT2D eigenvalue weighted by Crippen LogP contribution is 2.18. The number of urea groups is 1. The van der Waals surface area contributed by atoms with E-state index in [4.69, 9.17) is 4.74 Å². The molecule has 0 fully saturated rings. The average Bonchev–Trinajstić information content (AvgIpc) is 2.51. The van der Waals surface area contributed by atoms with Crippen molar-refractivity contribution < 1.29 is 9.53 Å². The average molecular weight is 283 g/mol. The second kappa shape index (κ2) is 7.75. The summed E-state index contributed by atoms with van der Waals surface area (Å²) in [7, 11) is 0. The molecule has 2 amide bonds. The molecule has 0 radical (unpaired) electrons. The first-order valence-electron chi connectivity index (χ1n) is 6.74. The monoisotopic (exact) mass is 283 g/mol. The number of rotatable bonds is 4. The molecule has 0 aliphatic heterocycles. The molecule has 2 N–H and O–H groups in total. The highest BCUT2D eigenvalue weighted by atomic mass is 16.5. The lowest BCUT2D eigenvalue weighted by molar-refractivity contribution is 0.242. The number of hydrogen-bond donors (Lipinski definition) is 2. The number of aromatic nitrogens is 1. The van der Waals surface area contributed by atoms with Gasteiger partial charge in [0.15, 0.2) is 0 Å². The number of nitrogens with one attached hydrogen (secondary N) is 2. The Kier molecular flexibility index (Phi) is 5.41. The summed E-state index contributed by atoms with van der Waals surface area (Å²) < 4.78 is 5.53. The number of nitrogens with zero attached hydrogens (tertiary/aromatic N) is 1. The summed E-state index contributed by atoms with van der Waals surface area (Å²) in [5.41, 5.74) is 0.890. The number of carbonyl (C=O) groups is 1. The Morgan fingerprint density at radius 1 is 1.29 bits per heavy atom. The SMILES string of the molecule is CCNC(=O)NCC#CCOc1ccc2cccnc2c1. The van der Waals surface area contributed by atoms with Gasteiger partial charge in [-0.15, -0.1) is 0 Å². The van der Waals surface area contributed by atoms with E-state index in [1.807, 2.05) is 37.3 Å². The molecule has 0 spiro atoms. The Hall–Kier alpha value is -2.74. The van der Waals surface area contributed by atoms with Gasteiger partial charge in [-0.05, 0) is 25.1 Å². The molecule has 5 heteroatoms. The summed E-state index contributed by atoms with van der Waals surface area (Å²) in [6.45, 7) is 3.03. The van der Waals surface area contributed by atoms with Gasteiger partial charge < -0.3 is 15.4 Å². The summed E-state index contributed by atoms with van der Waals surface area (Å²) in [5, 5.41) is 6.31. The fourth-order valence-corrected chi connectivity index (χ4v) is 1.72. The van der Waals surface area contributed by atoms with Gasteiger partial charge in [0.2, 0.25) is 0 Å². The van der Waals surface area contributed by atoms with Crippen LogP contribution in [0, 0.1) is 11.8 Å². The van der Waals surface area contributed by atoms with E-state index in [9.17, 15) is 4.79 Å². The van der Waals surface area contributed by atoms with Gasteiger partial charge in [-0.1, -0.05) is 17.9 Å². The van der Waals surface area contributed by atoms with Crippen LogP contribution >= 0.6 is 0 Å². The molecule has 2 aromatic rings. The summed E-state index contributed by atoms with van der Waals surface area (Å²) >= 11 is 0. The van der Waals surface area contributed by atoms with E-state index in [1.165, 1.54) is 0 Å². The van der Waals surface area contributed by atoms with Crippen molar-refractivity contribution in [3.8, 4) is 17.6 Å². The fourth-order valence-electron chi connectivity index (χ4n) is 1.72. The Morgan fingerprint density at radius 2 is 2.19 bits per heavy atom. The molecular weight excluding hydrogens is 266 g/mol. The molecule has 0 aliphatic rings. The lowest BCUT2D eigenvalue weighted by Gasteiger charge is -2.03. The topological polar surface area (TPSA) is 63.2 Å². The van der Waals surface area contributed by atoms with Gasteiger partial charge in [0.1, 0.15) is 12.4 Å². The van der Waals surface area contributed by atoms with Crippen LogP contribution in [0.15, 0.2) is 36.5 Å². The lowest BCUT2D eigenvalue weighted by Crippen LogP contribution is -2.35. The highest BCUT2D eigenvalue weighted by molar-refractivity contribution is 5.79. The quantitative estimate of drug-likeness (QED) is 0.843. The Bertz CT molecular complexity index is 674. The molecule has 1 aromatic heterocycles. The number of benzene rings is 1. The summed E-state index contributed by atoms with van der Waals surface area (Å²) in [6, 6.07) is 9.41. The molecule has 0 bridgehead atoms. The van der Waals surface area contributed by atoms with Gasteiger partial charge in [0, 0.05) is 24.2 Å². The molecule has 0 atom stereocenters. The van der Waals surface area contributed by atoms with E-state index >= 15 is 0 Å². The molecule has 0 saturated heterocycles. The molecule has 0 unspecified atom stereocenters. The zero-order valence-electron chi connectivity index (χ0n) is 11.8. The minimum atomic E-state index is -0.215. The van der Waals surface area contributed by atoms with E-state index in [-0.39, 0.29) is 12.6 Å². The van der Waals surface area contributed by atoms with E-state index in [0.29, 0.717) is 13.1 Å². The summed E-state index contributed by atoms with van der Waals surface area (Å²) in [5.74, 6) is 6.39. The van der Waals surface area contributed by atoms with Gasteiger partial charge >= 0.3 is 6.03 Å². The second-order valence-corrected chi connectivity index (χ2v) is 4.21. The van der Waals surface area contributed by atoms with Crippen molar-refractivity contribution in [2.75, 3.05) is 19.7 Å².